The Hall–Kier alpha value is -0.620. The summed E-state index contributed by atoms with van der Waals surface area (Å²) in [4.78, 5) is 10.1. The van der Waals surface area contributed by atoms with Gasteiger partial charge in [-0.05, 0) is 38.8 Å². The molecule has 0 spiro atoms. The largest absolute Gasteiger partial charge is 0.493 e. The zero-order chi connectivity index (χ0) is 10.7. The number of ether oxygens (including phenoxy) is 1. The van der Waals surface area contributed by atoms with E-state index in [4.69, 9.17) is 4.74 Å². The van der Waals surface area contributed by atoms with Crippen molar-refractivity contribution in [2.45, 2.75) is 6.92 Å². The number of hydrogen-bond donors (Lipinski definition) is 0. The Balaban J connectivity index is 3.17. The minimum absolute atomic E-state index is 0.0142. The molecule has 76 valence electrons. The molecule has 6 heteroatoms. The number of benzene rings is 1. The fourth-order valence-corrected chi connectivity index (χ4v) is 1.84. The van der Waals surface area contributed by atoms with Crippen LogP contribution in [0.4, 0.5) is 5.69 Å². The molecule has 1 aromatic carbocycles. The lowest BCUT2D eigenvalue weighted by Gasteiger charge is -2.06. The maximum absolute atomic E-state index is 10.6. The van der Waals surface area contributed by atoms with Crippen LogP contribution in [0.3, 0.4) is 0 Å². The second-order valence-electron chi connectivity index (χ2n) is 2.42. The quantitative estimate of drug-likeness (QED) is 0.631. The highest BCUT2D eigenvalue weighted by atomic mass is 79.9. The van der Waals surface area contributed by atoms with Crippen molar-refractivity contribution >= 4 is 37.5 Å². The molecule has 0 fully saturated rings. The number of nitrogens with zero attached hydrogens (tertiary/aromatic N) is 1. The van der Waals surface area contributed by atoms with Crippen LogP contribution >= 0.6 is 31.9 Å². The van der Waals surface area contributed by atoms with Gasteiger partial charge in [-0.25, -0.2) is 0 Å². The van der Waals surface area contributed by atoms with Crippen molar-refractivity contribution in [2.24, 2.45) is 0 Å². The first kappa shape index (κ1) is 11.5. The van der Waals surface area contributed by atoms with Gasteiger partial charge in [0, 0.05) is 12.1 Å². The molecule has 0 amide bonds. The standard InChI is InChI=1S/C8H7Br2NO3/c1-2-14-8-4-5(9)7(11(12)13)3-6(8)10/h3-4H,2H2,1H3. The number of halogens is 2. The van der Waals surface area contributed by atoms with E-state index >= 15 is 0 Å². The van der Waals surface area contributed by atoms with Crippen LogP contribution in [-0.4, -0.2) is 11.5 Å². The summed E-state index contributed by atoms with van der Waals surface area (Å²) in [6.45, 7) is 2.37. The normalized spacial score (nSPS) is 9.93. The van der Waals surface area contributed by atoms with E-state index in [0.29, 0.717) is 21.3 Å². The molecule has 1 aromatic rings. The van der Waals surface area contributed by atoms with E-state index in [2.05, 4.69) is 31.9 Å². The summed E-state index contributed by atoms with van der Waals surface area (Å²) in [5, 5.41) is 10.6. The van der Waals surface area contributed by atoms with Crippen LogP contribution < -0.4 is 4.74 Å². The maximum Gasteiger partial charge on any atom is 0.284 e. The van der Waals surface area contributed by atoms with Gasteiger partial charge in [0.25, 0.3) is 5.69 Å². The van der Waals surface area contributed by atoms with E-state index in [1.165, 1.54) is 6.07 Å². The highest BCUT2D eigenvalue weighted by Crippen LogP contribution is 2.35. The molecule has 0 saturated carbocycles. The Morgan fingerprint density at radius 1 is 1.43 bits per heavy atom. The van der Waals surface area contributed by atoms with Crippen LogP contribution in [-0.2, 0) is 0 Å². The predicted octanol–water partition coefficient (Wildman–Crippen LogP) is 3.52. The van der Waals surface area contributed by atoms with E-state index in [9.17, 15) is 10.1 Å². The number of hydrogen-bond acceptors (Lipinski definition) is 3. The Morgan fingerprint density at radius 2 is 2.07 bits per heavy atom. The van der Waals surface area contributed by atoms with Crippen molar-refractivity contribution < 1.29 is 9.66 Å². The van der Waals surface area contributed by atoms with Gasteiger partial charge in [0.1, 0.15) is 5.75 Å². The Bertz CT molecular complexity index is 368. The zero-order valence-corrected chi connectivity index (χ0v) is 10.5. The molecule has 0 aliphatic carbocycles. The molecule has 0 heterocycles. The van der Waals surface area contributed by atoms with Gasteiger partial charge in [-0.3, -0.25) is 10.1 Å². The fraction of sp³-hybridized carbons (Fsp3) is 0.250. The average Bonchev–Trinajstić information content (AvgIpc) is 2.10. The first-order chi connectivity index (χ1) is 6.56. The Labute approximate surface area is 97.7 Å². The molecule has 14 heavy (non-hydrogen) atoms. The van der Waals surface area contributed by atoms with Gasteiger partial charge in [0.15, 0.2) is 0 Å². The smallest absolute Gasteiger partial charge is 0.284 e. The summed E-state index contributed by atoms with van der Waals surface area (Å²) in [5.74, 6) is 0.588. The van der Waals surface area contributed by atoms with Gasteiger partial charge in [0.2, 0.25) is 0 Å². The van der Waals surface area contributed by atoms with Crippen molar-refractivity contribution in [3.8, 4) is 5.75 Å². The van der Waals surface area contributed by atoms with Crippen molar-refractivity contribution in [2.75, 3.05) is 6.61 Å². The third-order valence-corrected chi connectivity index (χ3v) is 2.75. The van der Waals surface area contributed by atoms with E-state index < -0.39 is 4.92 Å². The SMILES string of the molecule is CCOc1cc(Br)c([N+](=O)[O-])cc1Br. The molecular formula is C8H7Br2NO3. The molecule has 1 rings (SSSR count). The molecular weight excluding hydrogens is 318 g/mol. The molecule has 0 atom stereocenters. The van der Waals surface area contributed by atoms with Crippen LogP contribution in [0.25, 0.3) is 0 Å². The summed E-state index contributed by atoms with van der Waals surface area (Å²) in [6.07, 6.45) is 0. The third kappa shape index (κ3) is 2.45. The van der Waals surface area contributed by atoms with Crippen molar-refractivity contribution in [1.82, 2.24) is 0 Å². The van der Waals surface area contributed by atoms with Crippen LogP contribution in [0.5, 0.6) is 5.75 Å². The average molecular weight is 325 g/mol. The number of nitro groups is 1. The van der Waals surface area contributed by atoms with Crippen LogP contribution in [0.2, 0.25) is 0 Å². The molecule has 0 bridgehead atoms. The van der Waals surface area contributed by atoms with Gasteiger partial charge in [-0.2, -0.15) is 0 Å². The fourth-order valence-electron chi connectivity index (χ4n) is 0.924. The summed E-state index contributed by atoms with van der Waals surface area (Å²) >= 11 is 6.31. The maximum atomic E-state index is 10.6. The molecule has 0 aliphatic rings. The topological polar surface area (TPSA) is 52.4 Å². The summed E-state index contributed by atoms with van der Waals surface area (Å²) in [7, 11) is 0. The molecule has 0 unspecified atom stereocenters. The van der Waals surface area contributed by atoms with Crippen LogP contribution in [0, 0.1) is 10.1 Å². The Morgan fingerprint density at radius 3 is 2.57 bits per heavy atom. The highest BCUT2D eigenvalue weighted by molar-refractivity contribution is 9.11. The Kier molecular flexibility index (Phi) is 3.88. The lowest BCUT2D eigenvalue weighted by Crippen LogP contribution is -1.95. The minimum atomic E-state index is -0.454. The molecule has 0 saturated heterocycles. The van der Waals surface area contributed by atoms with Gasteiger partial charge in [-0.15, -0.1) is 0 Å². The summed E-state index contributed by atoms with van der Waals surface area (Å²) in [6, 6.07) is 2.99. The number of nitro benzene ring substituents is 1. The van der Waals surface area contributed by atoms with Crippen molar-refractivity contribution in [3.05, 3.63) is 31.2 Å². The monoisotopic (exact) mass is 323 g/mol. The second kappa shape index (κ2) is 4.75. The van der Waals surface area contributed by atoms with Crippen molar-refractivity contribution in [1.29, 1.82) is 0 Å². The third-order valence-electron chi connectivity index (χ3n) is 1.50. The summed E-state index contributed by atoms with van der Waals surface area (Å²) in [5.41, 5.74) is 0.0142. The van der Waals surface area contributed by atoms with E-state index in [0.717, 1.165) is 0 Å². The first-order valence-corrected chi connectivity index (χ1v) is 5.41. The minimum Gasteiger partial charge on any atom is -0.493 e. The molecule has 0 aromatic heterocycles. The van der Waals surface area contributed by atoms with Gasteiger partial charge < -0.3 is 4.74 Å². The first-order valence-electron chi connectivity index (χ1n) is 3.82. The lowest BCUT2D eigenvalue weighted by molar-refractivity contribution is -0.385. The molecule has 0 aliphatic heterocycles. The molecule has 0 N–H and O–H groups in total. The summed E-state index contributed by atoms with van der Waals surface area (Å²) < 4.78 is 6.24. The zero-order valence-electron chi connectivity index (χ0n) is 7.29. The molecule has 0 radical (unpaired) electrons. The van der Waals surface area contributed by atoms with E-state index in [1.807, 2.05) is 6.92 Å². The predicted molar refractivity (Wildman–Crippen MR) is 59.7 cm³/mol. The number of rotatable bonds is 3. The molecule has 4 nitrogen and oxygen atoms in total. The van der Waals surface area contributed by atoms with E-state index in [1.54, 1.807) is 6.07 Å². The van der Waals surface area contributed by atoms with E-state index in [-0.39, 0.29) is 5.69 Å². The van der Waals surface area contributed by atoms with Gasteiger partial charge in [-0.1, -0.05) is 0 Å². The highest BCUT2D eigenvalue weighted by Gasteiger charge is 2.15. The van der Waals surface area contributed by atoms with Crippen molar-refractivity contribution in [3.63, 3.8) is 0 Å². The van der Waals surface area contributed by atoms with Gasteiger partial charge >= 0.3 is 0 Å². The lowest BCUT2D eigenvalue weighted by atomic mass is 10.3. The second-order valence-corrected chi connectivity index (χ2v) is 4.13. The van der Waals surface area contributed by atoms with Gasteiger partial charge in [0.05, 0.1) is 20.5 Å². The van der Waals surface area contributed by atoms with Crippen LogP contribution in [0.15, 0.2) is 21.1 Å². The van der Waals surface area contributed by atoms with Crippen LogP contribution in [0.1, 0.15) is 6.92 Å².